The van der Waals surface area contributed by atoms with E-state index in [1.54, 1.807) is 45.2 Å². The average Bonchev–Trinajstić information content (AvgIpc) is 3.03. The van der Waals surface area contributed by atoms with Crippen molar-refractivity contribution < 1.29 is 28.7 Å². The van der Waals surface area contributed by atoms with Crippen molar-refractivity contribution in [2.45, 2.75) is 26.3 Å². The van der Waals surface area contributed by atoms with Gasteiger partial charge in [0.25, 0.3) is 17.7 Å². The molecule has 1 aliphatic rings. The van der Waals surface area contributed by atoms with Crippen molar-refractivity contribution in [1.82, 2.24) is 10.2 Å². The van der Waals surface area contributed by atoms with E-state index < -0.39 is 36.3 Å². The second-order valence-electron chi connectivity index (χ2n) is 7.77. The Morgan fingerprint density at radius 2 is 1.56 bits per heavy atom. The first-order chi connectivity index (χ1) is 15.3. The molecule has 1 N–H and O–H groups in total. The Hall–Kier alpha value is -3.68. The molecule has 2 aromatic rings. The Labute approximate surface area is 186 Å². The van der Waals surface area contributed by atoms with Gasteiger partial charge in [-0.15, -0.1) is 0 Å². The van der Waals surface area contributed by atoms with Crippen LogP contribution in [0.15, 0.2) is 48.5 Å². The van der Waals surface area contributed by atoms with Gasteiger partial charge >= 0.3 is 5.97 Å². The fourth-order valence-electron chi connectivity index (χ4n) is 3.55. The molecule has 1 atom stereocenters. The molecular formula is C24H26N2O6. The number of carbonyl (C=O) groups is 4. The number of hydrogen-bond acceptors (Lipinski definition) is 6. The van der Waals surface area contributed by atoms with Gasteiger partial charge in [0, 0.05) is 6.54 Å². The number of esters is 1. The molecule has 0 radical (unpaired) electrons. The number of nitrogens with zero attached hydrogens (tertiary/aromatic N) is 1. The smallest absolute Gasteiger partial charge is 0.330 e. The number of carbonyl (C=O) groups excluding carboxylic acids is 4. The summed E-state index contributed by atoms with van der Waals surface area (Å²) in [5.74, 6) is -1.96. The van der Waals surface area contributed by atoms with Crippen molar-refractivity contribution in [3.63, 3.8) is 0 Å². The summed E-state index contributed by atoms with van der Waals surface area (Å²) in [4.78, 5) is 51.2. The summed E-state index contributed by atoms with van der Waals surface area (Å²) in [7, 11) is 1.59. The van der Waals surface area contributed by atoms with E-state index in [0.29, 0.717) is 13.0 Å². The van der Waals surface area contributed by atoms with E-state index in [9.17, 15) is 19.2 Å². The number of amides is 3. The molecule has 1 unspecified atom stereocenters. The van der Waals surface area contributed by atoms with Crippen molar-refractivity contribution in [2.75, 3.05) is 20.3 Å². The second kappa shape index (κ2) is 10.1. The first-order valence-electron chi connectivity index (χ1n) is 10.4. The number of imide groups is 1. The van der Waals surface area contributed by atoms with Crippen LogP contribution in [0.4, 0.5) is 0 Å². The Morgan fingerprint density at radius 3 is 2.09 bits per heavy atom. The molecule has 0 saturated heterocycles. The summed E-state index contributed by atoms with van der Waals surface area (Å²) < 4.78 is 10.3. The van der Waals surface area contributed by atoms with Crippen molar-refractivity contribution in [1.29, 1.82) is 0 Å². The minimum atomic E-state index is -1.12. The number of hydrogen-bond donors (Lipinski definition) is 1. The molecule has 0 saturated carbocycles. The molecule has 0 aromatic heterocycles. The average molecular weight is 438 g/mol. The third-order valence-corrected chi connectivity index (χ3v) is 5.22. The highest BCUT2D eigenvalue weighted by molar-refractivity contribution is 6.22. The molecule has 32 heavy (non-hydrogen) atoms. The highest BCUT2D eigenvalue weighted by Crippen LogP contribution is 2.27. The monoisotopic (exact) mass is 438 g/mol. The maximum atomic E-state index is 12.7. The summed E-state index contributed by atoms with van der Waals surface area (Å²) in [6, 6.07) is 12.8. The van der Waals surface area contributed by atoms with Crippen molar-refractivity contribution in [2.24, 2.45) is 5.92 Å². The lowest BCUT2D eigenvalue weighted by atomic mass is 10.0. The zero-order valence-corrected chi connectivity index (χ0v) is 18.3. The summed E-state index contributed by atoms with van der Waals surface area (Å²) in [5, 5.41) is 2.69. The Morgan fingerprint density at radius 1 is 0.969 bits per heavy atom. The maximum absolute atomic E-state index is 12.7. The predicted molar refractivity (Wildman–Crippen MR) is 116 cm³/mol. The van der Waals surface area contributed by atoms with E-state index in [4.69, 9.17) is 9.47 Å². The Bertz CT molecular complexity index is 980. The molecule has 0 bridgehead atoms. The maximum Gasteiger partial charge on any atom is 0.330 e. The van der Waals surface area contributed by atoms with Gasteiger partial charge in [0.1, 0.15) is 11.8 Å². The van der Waals surface area contributed by atoms with Crippen LogP contribution in [-0.4, -0.2) is 54.9 Å². The highest BCUT2D eigenvalue weighted by atomic mass is 16.5. The molecule has 1 heterocycles. The molecule has 8 heteroatoms. The van der Waals surface area contributed by atoms with E-state index >= 15 is 0 Å². The summed E-state index contributed by atoms with van der Waals surface area (Å²) >= 11 is 0. The quantitative estimate of drug-likeness (QED) is 0.476. The fraction of sp³-hybridized carbons (Fsp3) is 0.333. The van der Waals surface area contributed by atoms with E-state index in [2.05, 4.69) is 5.32 Å². The lowest BCUT2D eigenvalue weighted by Crippen LogP contribution is -2.49. The topological polar surface area (TPSA) is 102 Å². The number of rotatable bonds is 9. The first kappa shape index (κ1) is 23.0. The predicted octanol–water partition coefficient (Wildman–Crippen LogP) is 2.22. The fourth-order valence-corrected chi connectivity index (χ4v) is 3.55. The van der Waals surface area contributed by atoms with Crippen LogP contribution in [0.1, 0.15) is 40.1 Å². The Balaban J connectivity index is 1.53. The summed E-state index contributed by atoms with van der Waals surface area (Å²) in [5.41, 5.74) is 1.54. The van der Waals surface area contributed by atoms with Gasteiger partial charge in [-0.05, 0) is 42.2 Å². The van der Waals surface area contributed by atoms with Gasteiger partial charge in [-0.2, -0.15) is 0 Å². The van der Waals surface area contributed by atoms with Crippen LogP contribution in [0.5, 0.6) is 5.75 Å². The lowest BCUT2D eigenvalue weighted by molar-refractivity contribution is -0.153. The molecule has 0 spiro atoms. The van der Waals surface area contributed by atoms with Gasteiger partial charge < -0.3 is 14.8 Å². The summed E-state index contributed by atoms with van der Waals surface area (Å²) in [6.07, 6.45) is 0.605. The molecule has 2 aromatic carbocycles. The van der Waals surface area contributed by atoms with Crippen LogP contribution in [-0.2, 0) is 20.7 Å². The van der Waals surface area contributed by atoms with Crippen molar-refractivity contribution in [3.8, 4) is 5.75 Å². The van der Waals surface area contributed by atoms with Gasteiger partial charge in [0.2, 0.25) is 0 Å². The number of nitrogens with one attached hydrogen (secondary N) is 1. The van der Waals surface area contributed by atoms with Crippen LogP contribution < -0.4 is 10.1 Å². The minimum absolute atomic E-state index is 0.257. The molecule has 3 rings (SSSR count). The van der Waals surface area contributed by atoms with Crippen LogP contribution in [0.2, 0.25) is 0 Å². The van der Waals surface area contributed by atoms with E-state index in [-0.39, 0.29) is 17.0 Å². The molecular weight excluding hydrogens is 412 g/mol. The van der Waals surface area contributed by atoms with E-state index in [0.717, 1.165) is 16.2 Å². The van der Waals surface area contributed by atoms with Gasteiger partial charge in [0.15, 0.2) is 6.61 Å². The van der Waals surface area contributed by atoms with E-state index in [1.807, 2.05) is 24.3 Å². The minimum Gasteiger partial charge on any atom is -0.497 e. The van der Waals surface area contributed by atoms with Gasteiger partial charge in [-0.25, -0.2) is 4.79 Å². The molecule has 1 aliphatic heterocycles. The lowest BCUT2D eigenvalue weighted by Gasteiger charge is -2.27. The number of fused-ring (bicyclic) bond motifs is 1. The zero-order valence-electron chi connectivity index (χ0n) is 18.3. The number of methoxy groups -OCH3 is 1. The van der Waals surface area contributed by atoms with Crippen LogP contribution in [0.3, 0.4) is 0 Å². The zero-order chi connectivity index (χ0) is 23.3. The molecule has 0 fully saturated rings. The van der Waals surface area contributed by atoms with Crippen LogP contribution in [0.25, 0.3) is 0 Å². The standard InChI is InChI=1S/C24H26N2O6/c1-15(2)21(26-22(28)18-6-4-5-7-19(18)23(26)29)24(30)32-14-20(27)25-13-12-16-8-10-17(31-3)11-9-16/h4-11,15,21H,12-14H2,1-3H3,(H,25,27). The van der Waals surface area contributed by atoms with Gasteiger partial charge in [0.05, 0.1) is 18.2 Å². The highest BCUT2D eigenvalue weighted by Gasteiger charge is 2.44. The molecule has 3 amide bonds. The van der Waals surface area contributed by atoms with E-state index in [1.165, 1.54) is 0 Å². The molecule has 8 nitrogen and oxygen atoms in total. The second-order valence-corrected chi connectivity index (χ2v) is 7.77. The van der Waals surface area contributed by atoms with Crippen LogP contribution >= 0.6 is 0 Å². The number of ether oxygens (including phenoxy) is 2. The van der Waals surface area contributed by atoms with Crippen LogP contribution in [0, 0.1) is 5.92 Å². The van der Waals surface area contributed by atoms with Gasteiger partial charge in [-0.3, -0.25) is 19.3 Å². The van der Waals surface area contributed by atoms with Crippen molar-refractivity contribution in [3.05, 3.63) is 65.2 Å². The number of benzene rings is 2. The molecule has 0 aliphatic carbocycles. The normalized spacial score (nSPS) is 13.7. The van der Waals surface area contributed by atoms with Gasteiger partial charge in [-0.1, -0.05) is 38.1 Å². The Kier molecular flexibility index (Phi) is 7.25. The van der Waals surface area contributed by atoms with Crippen molar-refractivity contribution >= 4 is 23.7 Å². The third kappa shape index (κ3) is 4.96. The molecule has 168 valence electrons. The summed E-state index contributed by atoms with van der Waals surface area (Å²) in [6.45, 7) is 3.30. The SMILES string of the molecule is COc1ccc(CCNC(=O)COC(=O)C(C(C)C)N2C(=O)c3ccccc3C2=O)cc1. The largest absolute Gasteiger partial charge is 0.497 e. The third-order valence-electron chi connectivity index (χ3n) is 5.22. The first-order valence-corrected chi connectivity index (χ1v) is 10.4.